The van der Waals surface area contributed by atoms with Gasteiger partial charge in [-0.25, -0.2) is 0 Å². The van der Waals surface area contributed by atoms with E-state index in [1.807, 2.05) is 0 Å². The Bertz CT molecular complexity index is 244. The highest BCUT2D eigenvalue weighted by Crippen LogP contribution is 2.36. The lowest BCUT2D eigenvalue weighted by molar-refractivity contribution is -0.141. The van der Waals surface area contributed by atoms with Gasteiger partial charge in [0.1, 0.15) is 0 Å². The van der Waals surface area contributed by atoms with E-state index in [1.54, 1.807) is 0 Å². The summed E-state index contributed by atoms with van der Waals surface area (Å²) in [5.74, 6) is 0.192. The molecular formula is C13H28O3Si. The Kier molecular flexibility index (Phi) is 6.41. The summed E-state index contributed by atoms with van der Waals surface area (Å²) in [4.78, 5) is 11.1. The van der Waals surface area contributed by atoms with Crippen LogP contribution in [0.1, 0.15) is 40.5 Å². The predicted octanol–water partition coefficient (Wildman–Crippen LogP) is 3.60. The average Bonchev–Trinajstić information content (AvgIpc) is 2.15. The predicted molar refractivity (Wildman–Crippen MR) is 73.6 cm³/mol. The minimum Gasteiger partial charge on any atom is -0.469 e. The Balaban J connectivity index is 3.95. The topological polar surface area (TPSA) is 35.5 Å². The molecule has 4 heteroatoms. The van der Waals surface area contributed by atoms with Crippen LogP contribution in [0.25, 0.3) is 0 Å². The van der Waals surface area contributed by atoms with E-state index in [4.69, 9.17) is 4.43 Å². The van der Waals surface area contributed by atoms with Crippen molar-refractivity contribution in [2.75, 3.05) is 13.7 Å². The van der Waals surface area contributed by atoms with Gasteiger partial charge in [0.25, 0.3) is 0 Å². The van der Waals surface area contributed by atoms with Gasteiger partial charge in [-0.2, -0.15) is 0 Å². The summed E-state index contributed by atoms with van der Waals surface area (Å²) in [5.41, 5.74) is 0. The fraction of sp³-hybridized carbons (Fsp3) is 0.923. The molecule has 17 heavy (non-hydrogen) atoms. The lowest BCUT2D eigenvalue weighted by atomic mass is 10.1. The molecule has 0 saturated heterocycles. The summed E-state index contributed by atoms with van der Waals surface area (Å²) in [5, 5.41) is 0.249. The number of rotatable bonds is 6. The lowest BCUT2D eigenvalue weighted by Gasteiger charge is -2.36. The molecule has 0 aliphatic carbocycles. The van der Waals surface area contributed by atoms with Crippen LogP contribution in [0.4, 0.5) is 0 Å². The molecule has 0 aromatic heterocycles. The first-order valence-electron chi connectivity index (χ1n) is 6.31. The molecule has 0 rings (SSSR count). The van der Waals surface area contributed by atoms with Gasteiger partial charge in [0.05, 0.1) is 7.11 Å². The van der Waals surface area contributed by atoms with Crippen molar-refractivity contribution in [3.8, 4) is 0 Å². The number of carbonyl (C=O) groups excluding carboxylic acids is 1. The molecule has 1 atom stereocenters. The number of hydrogen-bond acceptors (Lipinski definition) is 3. The monoisotopic (exact) mass is 260 g/mol. The fourth-order valence-corrected chi connectivity index (χ4v) is 2.26. The molecule has 0 aromatic rings. The molecule has 0 aliphatic rings. The summed E-state index contributed by atoms with van der Waals surface area (Å²) in [7, 11) is -0.204. The molecule has 0 amide bonds. The van der Waals surface area contributed by atoms with E-state index < -0.39 is 8.32 Å². The molecular weight excluding hydrogens is 232 g/mol. The van der Waals surface area contributed by atoms with Crippen molar-refractivity contribution >= 4 is 14.3 Å². The van der Waals surface area contributed by atoms with Crippen LogP contribution >= 0.6 is 0 Å². The van der Waals surface area contributed by atoms with E-state index in [9.17, 15) is 4.79 Å². The van der Waals surface area contributed by atoms with Crippen LogP contribution in [0.2, 0.25) is 18.1 Å². The summed E-state index contributed by atoms with van der Waals surface area (Å²) in [6.07, 6.45) is 1.40. The van der Waals surface area contributed by atoms with Gasteiger partial charge in [-0.15, -0.1) is 0 Å². The van der Waals surface area contributed by atoms with E-state index in [0.29, 0.717) is 12.3 Å². The molecule has 3 nitrogen and oxygen atoms in total. The zero-order chi connectivity index (χ0) is 13.7. The number of carbonyl (C=O) groups is 1. The molecule has 0 aromatic carbocycles. The number of methoxy groups -OCH3 is 1. The summed E-state index contributed by atoms with van der Waals surface area (Å²) >= 11 is 0. The fourth-order valence-electron chi connectivity index (χ4n) is 1.20. The quantitative estimate of drug-likeness (QED) is 0.541. The zero-order valence-electron chi connectivity index (χ0n) is 12.4. The van der Waals surface area contributed by atoms with Gasteiger partial charge in [-0.1, -0.05) is 27.7 Å². The van der Waals surface area contributed by atoms with Crippen molar-refractivity contribution in [3.63, 3.8) is 0 Å². The van der Waals surface area contributed by atoms with Crippen molar-refractivity contribution in [1.29, 1.82) is 0 Å². The normalized spacial score (nSPS) is 14.5. The van der Waals surface area contributed by atoms with E-state index in [0.717, 1.165) is 13.0 Å². The van der Waals surface area contributed by atoms with E-state index >= 15 is 0 Å². The first-order chi connectivity index (χ1) is 7.60. The Labute approximate surface area is 107 Å². The summed E-state index contributed by atoms with van der Waals surface area (Å²) < 4.78 is 10.7. The van der Waals surface area contributed by atoms with Crippen LogP contribution in [-0.2, 0) is 14.0 Å². The maximum Gasteiger partial charge on any atom is 0.305 e. The summed E-state index contributed by atoms with van der Waals surface area (Å²) in [6.45, 7) is 14.0. The van der Waals surface area contributed by atoms with E-state index in [-0.39, 0.29) is 11.0 Å². The van der Waals surface area contributed by atoms with Crippen molar-refractivity contribution in [2.45, 2.75) is 58.7 Å². The van der Waals surface area contributed by atoms with Crippen LogP contribution in [0.3, 0.4) is 0 Å². The van der Waals surface area contributed by atoms with Gasteiger partial charge in [0.2, 0.25) is 0 Å². The Morgan fingerprint density at radius 1 is 1.29 bits per heavy atom. The second-order valence-electron chi connectivity index (χ2n) is 6.28. The highest BCUT2D eigenvalue weighted by atomic mass is 28.4. The van der Waals surface area contributed by atoms with Gasteiger partial charge in [-0.05, 0) is 30.5 Å². The van der Waals surface area contributed by atoms with E-state index in [2.05, 4.69) is 45.5 Å². The molecule has 0 fully saturated rings. The van der Waals surface area contributed by atoms with Crippen LogP contribution in [0, 0.1) is 5.92 Å². The van der Waals surface area contributed by atoms with E-state index in [1.165, 1.54) is 7.11 Å². The Hall–Kier alpha value is -0.353. The lowest BCUT2D eigenvalue weighted by Crippen LogP contribution is -2.41. The first kappa shape index (κ1) is 16.6. The highest BCUT2D eigenvalue weighted by Gasteiger charge is 2.36. The minimum absolute atomic E-state index is 0.134. The highest BCUT2D eigenvalue weighted by molar-refractivity contribution is 6.74. The molecule has 0 saturated carbocycles. The molecule has 0 spiro atoms. The van der Waals surface area contributed by atoms with Crippen molar-refractivity contribution < 1.29 is 14.0 Å². The van der Waals surface area contributed by atoms with Crippen LogP contribution < -0.4 is 0 Å². The zero-order valence-corrected chi connectivity index (χ0v) is 13.4. The maximum atomic E-state index is 11.1. The van der Waals surface area contributed by atoms with Crippen LogP contribution in [-0.4, -0.2) is 28.0 Å². The standard InChI is InChI=1S/C13H28O3Si/c1-11(10-12(14)15-5)8-9-16-17(6,7)13(2,3)4/h11H,8-10H2,1-7H3. The Morgan fingerprint density at radius 2 is 1.82 bits per heavy atom. The maximum absolute atomic E-state index is 11.1. The molecule has 0 radical (unpaired) electrons. The first-order valence-corrected chi connectivity index (χ1v) is 9.21. The largest absolute Gasteiger partial charge is 0.469 e. The molecule has 0 N–H and O–H groups in total. The third-order valence-corrected chi connectivity index (χ3v) is 8.16. The van der Waals surface area contributed by atoms with Gasteiger partial charge in [-0.3, -0.25) is 4.79 Å². The second-order valence-corrected chi connectivity index (χ2v) is 11.1. The smallest absolute Gasteiger partial charge is 0.305 e. The molecule has 0 heterocycles. The van der Waals surface area contributed by atoms with Crippen molar-refractivity contribution in [3.05, 3.63) is 0 Å². The van der Waals surface area contributed by atoms with Crippen molar-refractivity contribution in [1.82, 2.24) is 0 Å². The molecule has 0 bridgehead atoms. The van der Waals surface area contributed by atoms with Crippen LogP contribution in [0.15, 0.2) is 0 Å². The van der Waals surface area contributed by atoms with Gasteiger partial charge >= 0.3 is 5.97 Å². The number of ether oxygens (including phenoxy) is 1. The third kappa shape index (κ3) is 6.22. The van der Waals surface area contributed by atoms with Crippen molar-refractivity contribution in [2.24, 2.45) is 5.92 Å². The van der Waals surface area contributed by atoms with Gasteiger partial charge in [0.15, 0.2) is 8.32 Å². The average molecular weight is 260 g/mol. The third-order valence-electron chi connectivity index (χ3n) is 3.62. The minimum atomic E-state index is -1.64. The van der Waals surface area contributed by atoms with Gasteiger partial charge in [0, 0.05) is 13.0 Å². The second kappa shape index (κ2) is 6.54. The summed E-state index contributed by atoms with van der Waals surface area (Å²) in [6, 6.07) is 0. The molecule has 0 aliphatic heterocycles. The molecule has 1 unspecified atom stereocenters. The number of hydrogen-bond donors (Lipinski definition) is 0. The molecule has 102 valence electrons. The SMILES string of the molecule is COC(=O)CC(C)CCO[Si](C)(C)C(C)(C)C. The van der Waals surface area contributed by atoms with Gasteiger partial charge < -0.3 is 9.16 Å². The van der Waals surface area contributed by atoms with Crippen LogP contribution in [0.5, 0.6) is 0 Å². The number of esters is 1. The Morgan fingerprint density at radius 3 is 2.24 bits per heavy atom.